The first-order valence-corrected chi connectivity index (χ1v) is 13.1. The molecule has 1 heterocycles. The Kier molecular flexibility index (Phi) is 8.15. The van der Waals surface area contributed by atoms with Crippen LogP contribution in [0.5, 0.6) is 0 Å². The van der Waals surface area contributed by atoms with Crippen molar-refractivity contribution in [3.05, 3.63) is 64.2 Å². The lowest BCUT2D eigenvalue weighted by Crippen LogP contribution is -2.42. The number of hydrogen-bond acceptors (Lipinski definition) is 5. The first-order valence-electron chi connectivity index (χ1n) is 11.6. The summed E-state index contributed by atoms with van der Waals surface area (Å²) in [5.41, 5.74) is 4.37. The number of nitrogens with one attached hydrogen (secondary N) is 1. The number of carbonyl (C=O) groups is 2. The zero-order valence-electron chi connectivity index (χ0n) is 20.6. The molecule has 1 saturated heterocycles. The normalized spacial score (nSPS) is 16.1. The monoisotopic (exact) mass is 486 g/mol. The van der Waals surface area contributed by atoms with E-state index in [2.05, 4.69) is 5.32 Å². The predicted molar refractivity (Wildman–Crippen MR) is 131 cm³/mol. The van der Waals surface area contributed by atoms with Gasteiger partial charge in [-0.05, 0) is 75.3 Å². The molecule has 1 aliphatic rings. The number of ether oxygens (including phenoxy) is 1. The summed E-state index contributed by atoms with van der Waals surface area (Å²) in [4.78, 5) is 25.3. The number of benzene rings is 2. The van der Waals surface area contributed by atoms with Gasteiger partial charge in [-0.25, -0.2) is 8.42 Å². The molecule has 1 atom stereocenters. The van der Waals surface area contributed by atoms with Gasteiger partial charge < -0.3 is 10.1 Å². The lowest BCUT2D eigenvalue weighted by Gasteiger charge is -2.31. The molecule has 1 fully saturated rings. The smallest absolute Gasteiger partial charge is 0.309 e. The van der Waals surface area contributed by atoms with Crippen molar-refractivity contribution in [2.24, 2.45) is 5.92 Å². The molecule has 0 bridgehead atoms. The minimum absolute atomic E-state index is 0.239. The number of hydrogen-bond donors (Lipinski definition) is 1. The van der Waals surface area contributed by atoms with E-state index >= 15 is 0 Å². The van der Waals surface area contributed by atoms with Crippen LogP contribution < -0.4 is 5.32 Å². The molecule has 0 radical (unpaired) electrons. The van der Waals surface area contributed by atoms with Gasteiger partial charge >= 0.3 is 5.97 Å². The molecular weight excluding hydrogens is 452 g/mol. The van der Waals surface area contributed by atoms with Gasteiger partial charge in [0.1, 0.15) is 0 Å². The van der Waals surface area contributed by atoms with Gasteiger partial charge in [0.2, 0.25) is 10.0 Å². The summed E-state index contributed by atoms with van der Waals surface area (Å²) in [7, 11) is -3.67. The highest BCUT2D eigenvalue weighted by Crippen LogP contribution is 2.31. The Balaban J connectivity index is 1.57. The van der Waals surface area contributed by atoms with Gasteiger partial charge in [0, 0.05) is 19.6 Å². The molecule has 2 aromatic rings. The molecule has 0 spiro atoms. The van der Waals surface area contributed by atoms with Crippen LogP contribution in [0.4, 0.5) is 0 Å². The van der Waals surface area contributed by atoms with E-state index in [1.807, 2.05) is 64.1 Å². The molecule has 2 aromatic carbocycles. The van der Waals surface area contributed by atoms with Gasteiger partial charge in [0.05, 0.1) is 10.8 Å². The fourth-order valence-corrected chi connectivity index (χ4v) is 6.33. The Bertz CT molecular complexity index is 1130. The van der Waals surface area contributed by atoms with E-state index < -0.39 is 28.0 Å². The van der Waals surface area contributed by atoms with Crippen molar-refractivity contribution < 1.29 is 22.7 Å². The number of piperidine rings is 1. The van der Waals surface area contributed by atoms with Gasteiger partial charge in [-0.1, -0.05) is 36.4 Å². The first kappa shape index (κ1) is 25.9. The van der Waals surface area contributed by atoms with E-state index in [0.717, 1.165) is 27.8 Å². The summed E-state index contributed by atoms with van der Waals surface area (Å²) in [6, 6.07) is 11.5. The lowest BCUT2D eigenvalue weighted by atomic mass is 9.98. The summed E-state index contributed by atoms with van der Waals surface area (Å²) >= 11 is 0. The van der Waals surface area contributed by atoms with Crippen LogP contribution in [0.3, 0.4) is 0 Å². The van der Waals surface area contributed by atoms with Gasteiger partial charge in [0.15, 0.2) is 6.10 Å². The minimum atomic E-state index is -3.67. The topological polar surface area (TPSA) is 92.8 Å². The van der Waals surface area contributed by atoms with Crippen molar-refractivity contribution in [3.8, 4) is 0 Å². The Morgan fingerprint density at radius 3 is 2.15 bits per heavy atom. The van der Waals surface area contributed by atoms with Crippen LogP contribution in [0.1, 0.15) is 47.6 Å². The predicted octanol–water partition coefficient (Wildman–Crippen LogP) is 3.57. The zero-order valence-corrected chi connectivity index (χ0v) is 21.4. The summed E-state index contributed by atoms with van der Waals surface area (Å²) in [6.07, 6.45) is -0.197. The zero-order chi connectivity index (χ0) is 25.0. The summed E-state index contributed by atoms with van der Waals surface area (Å²) in [6.45, 7) is 9.88. The van der Waals surface area contributed by atoms with E-state index in [4.69, 9.17) is 4.74 Å². The van der Waals surface area contributed by atoms with Gasteiger partial charge in [-0.2, -0.15) is 4.31 Å². The van der Waals surface area contributed by atoms with E-state index in [1.165, 1.54) is 4.31 Å². The number of esters is 1. The maximum Gasteiger partial charge on any atom is 0.309 e. The number of amides is 1. The standard InChI is InChI=1S/C26H34N2O5S/c1-17-15-18(2)20(4)24(19(17)3)34(31,32)28-13-11-23(12-14-28)26(30)33-21(5)25(29)27-16-22-9-7-6-8-10-22/h6-10,15,21,23H,11-14,16H2,1-5H3,(H,27,29). The van der Waals surface area contributed by atoms with Crippen molar-refractivity contribution in [2.75, 3.05) is 13.1 Å². The third-order valence-corrected chi connectivity index (χ3v) is 8.83. The van der Waals surface area contributed by atoms with Crippen LogP contribution >= 0.6 is 0 Å². The molecule has 7 nitrogen and oxygen atoms in total. The maximum absolute atomic E-state index is 13.4. The largest absolute Gasteiger partial charge is 0.452 e. The highest BCUT2D eigenvalue weighted by atomic mass is 32.2. The van der Waals surface area contributed by atoms with Crippen molar-refractivity contribution in [3.63, 3.8) is 0 Å². The molecule has 8 heteroatoms. The van der Waals surface area contributed by atoms with Crippen LogP contribution in [-0.2, 0) is 30.9 Å². The van der Waals surface area contributed by atoms with E-state index in [1.54, 1.807) is 6.92 Å². The van der Waals surface area contributed by atoms with Crippen LogP contribution in [-0.4, -0.2) is 43.8 Å². The van der Waals surface area contributed by atoms with E-state index in [-0.39, 0.29) is 19.0 Å². The summed E-state index contributed by atoms with van der Waals surface area (Å²) in [5.74, 6) is -1.26. The van der Waals surface area contributed by atoms with Crippen LogP contribution in [0.25, 0.3) is 0 Å². The quantitative estimate of drug-likeness (QED) is 0.604. The molecule has 0 aromatic heterocycles. The molecule has 34 heavy (non-hydrogen) atoms. The average molecular weight is 487 g/mol. The second kappa shape index (κ2) is 10.7. The summed E-state index contributed by atoms with van der Waals surface area (Å²) in [5, 5.41) is 2.77. The SMILES string of the molecule is Cc1cc(C)c(C)c(S(=O)(=O)N2CCC(C(=O)OC(C)C(=O)NCc3ccccc3)CC2)c1C. The Morgan fingerprint density at radius 2 is 1.59 bits per heavy atom. The number of aryl methyl sites for hydroxylation is 2. The van der Waals surface area contributed by atoms with Gasteiger partial charge in [-0.3, -0.25) is 9.59 Å². The highest BCUT2D eigenvalue weighted by molar-refractivity contribution is 7.89. The van der Waals surface area contributed by atoms with Crippen molar-refractivity contribution in [2.45, 2.75) is 65.0 Å². The average Bonchev–Trinajstić information content (AvgIpc) is 2.82. The fourth-order valence-electron chi connectivity index (χ4n) is 4.28. The molecule has 0 saturated carbocycles. The first-order chi connectivity index (χ1) is 16.0. The van der Waals surface area contributed by atoms with Crippen molar-refractivity contribution in [1.82, 2.24) is 9.62 Å². The van der Waals surface area contributed by atoms with Crippen LogP contribution in [0, 0.1) is 33.6 Å². The van der Waals surface area contributed by atoms with Crippen molar-refractivity contribution in [1.29, 1.82) is 0 Å². The van der Waals surface area contributed by atoms with Crippen LogP contribution in [0.15, 0.2) is 41.3 Å². The fraction of sp³-hybridized carbons (Fsp3) is 0.462. The number of nitrogens with zero attached hydrogens (tertiary/aromatic N) is 1. The van der Waals surface area contributed by atoms with Crippen LogP contribution in [0.2, 0.25) is 0 Å². The van der Waals surface area contributed by atoms with E-state index in [9.17, 15) is 18.0 Å². The summed E-state index contributed by atoms with van der Waals surface area (Å²) < 4.78 is 33.7. The number of sulfonamides is 1. The third-order valence-electron chi connectivity index (χ3n) is 6.65. The third kappa shape index (κ3) is 5.67. The van der Waals surface area contributed by atoms with E-state index in [0.29, 0.717) is 24.3 Å². The number of carbonyl (C=O) groups excluding carboxylic acids is 2. The Morgan fingerprint density at radius 1 is 1.03 bits per heavy atom. The second-order valence-electron chi connectivity index (χ2n) is 9.05. The van der Waals surface area contributed by atoms with Gasteiger partial charge in [-0.15, -0.1) is 0 Å². The van der Waals surface area contributed by atoms with Crippen molar-refractivity contribution >= 4 is 21.9 Å². The molecule has 3 rings (SSSR count). The molecule has 0 aliphatic carbocycles. The molecule has 1 amide bonds. The van der Waals surface area contributed by atoms with Gasteiger partial charge in [0.25, 0.3) is 5.91 Å². The molecule has 1 N–H and O–H groups in total. The highest BCUT2D eigenvalue weighted by Gasteiger charge is 2.35. The number of rotatable bonds is 7. The minimum Gasteiger partial charge on any atom is -0.452 e. The maximum atomic E-state index is 13.4. The Hall–Kier alpha value is -2.71. The second-order valence-corrected chi connectivity index (χ2v) is 10.9. The molecule has 1 unspecified atom stereocenters. The molecule has 184 valence electrons. The lowest BCUT2D eigenvalue weighted by molar-refractivity contribution is -0.159. The molecule has 1 aliphatic heterocycles. The molecular formula is C26H34N2O5S. The Labute approximate surface area is 202 Å².